The summed E-state index contributed by atoms with van der Waals surface area (Å²) in [5, 5.41) is 26.7. The van der Waals surface area contributed by atoms with Gasteiger partial charge in [-0.1, -0.05) is 0 Å². The highest BCUT2D eigenvalue weighted by atomic mass is 32.1. The van der Waals surface area contributed by atoms with Gasteiger partial charge in [-0.2, -0.15) is 11.3 Å². The molecule has 6 atom stereocenters. The first kappa shape index (κ1) is 26.2. The molecule has 2 aromatic rings. The van der Waals surface area contributed by atoms with Gasteiger partial charge in [0.05, 0.1) is 17.5 Å². The van der Waals surface area contributed by atoms with E-state index in [0.717, 1.165) is 0 Å². The molecule has 2 saturated carbocycles. The lowest BCUT2D eigenvalue weighted by Crippen LogP contribution is -2.74. The molecule has 2 fully saturated rings. The van der Waals surface area contributed by atoms with Gasteiger partial charge < -0.3 is 20.8 Å². The summed E-state index contributed by atoms with van der Waals surface area (Å²) in [6.45, 7) is 0. The van der Waals surface area contributed by atoms with Crippen LogP contribution in [0.4, 0.5) is 5.69 Å². The summed E-state index contributed by atoms with van der Waals surface area (Å²) in [6.07, 6.45) is 0.237. The fraction of sp³-hybridized carbons (Fsp3) is 0.444. The van der Waals surface area contributed by atoms with Crippen molar-refractivity contribution in [1.29, 1.82) is 0 Å². The molecule has 2 unspecified atom stereocenters. The van der Waals surface area contributed by atoms with Crippen molar-refractivity contribution in [3.05, 3.63) is 34.0 Å². The minimum absolute atomic E-state index is 0.0102. The lowest BCUT2D eigenvalue weighted by atomic mass is 9.52. The lowest BCUT2D eigenvalue weighted by Gasteiger charge is -2.52. The molecule has 200 valence electrons. The van der Waals surface area contributed by atoms with E-state index >= 15 is 0 Å². The molecule has 0 saturated heterocycles. The maximum Gasteiger partial charge on any atom is 0.235 e. The molecular formula is C27H29N3O7S. The standard InChI is InChI=1S/C27H29N3O7S/c1-29(2)16-9-13(11-5-6-38-10-11)21(31)18-14(16)7-12-8-15-20(30(3)4)23(33)19(26(28)36)25(35)27(15,37)24(34)17(12)22(18)32/h5-6,9-10,12,15,17,19-20,31,37H,7-8H2,1-4H3,(H2,28,36)/t12-,15-,17?,19?,20-,27-/m0/s1. The van der Waals surface area contributed by atoms with Crippen molar-refractivity contribution in [1.82, 2.24) is 4.90 Å². The molecule has 11 heteroatoms. The molecule has 1 aromatic carbocycles. The average molecular weight is 540 g/mol. The molecule has 1 heterocycles. The molecule has 0 radical (unpaired) electrons. The van der Waals surface area contributed by atoms with Crippen LogP contribution >= 0.6 is 11.3 Å². The van der Waals surface area contributed by atoms with Crippen LogP contribution in [0, 0.1) is 23.7 Å². The zero-order chi connectivity index (χ0) is 27.8. The maximum atomic E-state index is 14.0. The number of nitrogens with two attached hydrogens (primary N) is 1. The Labute approximate surface area is 223 Å². The number of thiophene rings is 1. The van der Waals surface area contributed by atoms with Gasteiger partial charge in [0.25, 0.3) is 0 Å². The summed E-state index contributed by atoms with van der Waals surface area (Å²) in [4.78, 5) is 70.0. The monoisotopic (exact) mass is 539 g/mol. The first-order chi connectivity index (χ1) is 17.8. The molecule has 3 aliphatic carbocycles. The van der Waals surface area contributed by atoms with Crippen LogP contribution in [-0.4, -0.2) is 84.0 Å². The predicted octanol–water partition coefficient (Wildman–Crippen LogP) is 0.661. The Bertz CT molecular complexity index is 1400. The van der Waals surface area contributed by atoms with Crippen molar-refractivity contribution >= 4 is 46.1 Å². The minimum atomic E-state index is -2.73. The number of phenols is 1. The van der Waals surface area contributed by atoms with Crippen molar-refractivity contribution in [3.8, 4) is 16.9 Å². The van der Waals surface area contributed by atoms with Crippen molar-refractivity contribution in [2.45, 2.75) is 24.5 Å². The van der Waals surface area contributed by atoms with Gasteiger partial charge in [0.15, 0.2) is 34.7 Å². The van der Waals surface area contributed by atoms with E-state index in [2.05, 4.69) is 0 Å². The van der Waals surface area contributed by atoms with Crippen molar-refractivity contribution < 1.29 is 34.2 Å². The van der Waals surface area contributed by atoms with Gasteiger partial charge in [0.1, 0.15) is 5.75 Å². The minimum Gasteiger partial charge on any atom is -0.507 e. The van der Waals surface area contributed by atoms with Crippen molar-refractivity contribution in [2.75, 3.05) is 33.1 Å². The number of amides is 1. The highest BCUT2D eigenvalue weighted by Gasteiger charge is 2.69. The Hall–Kier alpha value is -3.41. The third-order valence-corrected chi connectivity index (χ3v) is 9.04. The fourth-order valence-electron chi connectivity index (χ4n) is 6.69. The van der Waals surface area contributed by atoms with Gasteiger partial charge >= 0.3 is 0 Å². The van der Waals surface area contributed by atoms with Gasteiger partial charge in [-0.25, -0.2) is 0 Å². The van der Waals surface area contributed by atoms with Crippen LogP contribution in [0.25, 0.3) is 11.1 Å². The van der Waals surface area contributed by atoms with Crippen LogP contribution in [0.3, 0.4) is 0 Å². The van der Waals surface area contributed by atoms with E-state index < -0.39 is 64.4 Å². The second-order valence-electron chi connectivity index (χ2n) is 10.8. The molecule has 3 aliphatic rings. The van der Waals surface area contributed by atoms with Gasteiger partial charge in [0.2, 0.25) is 5.91 Å². The Kier molecular flexibility index (Phi) is 6.08. The Morgan fingerprint density at radius 2 is 1.82 bits per heavy atom. The van der Waals surface area contributed by atoms with Crippen molar-refractivity contribution in [3.63, 3.8) is 0 Å². The molecule has 4 N–H and O–H groups in total. The summed E-state index contributed by atoms with van der Waals surface area (Å²) in [5.41, 5.74) is 5.03. The van der Waals surface area contributed by atoms with Gasteiger partial charge in [-0.05, 0) is 66.9 Å². The fourth-order valence-corrected chi connectivity index (χ4v) is 7.34. The number of hydrogen-bond donors (Lipinski definition) is 3. The molecule has 1 aromatic heterocycles. The van der Waals surface area contributed by atoms with Crippen molar-refractivity contribution in [2.24, 2.45) is 29.4 Å². The number of hydrogen-bond acceptors (Lipinski definition) is 10. The van der Waals surface area contributed by atoms with Crippen LogP contribution < -0.4 is 10.6 Å². The normalized spacial score (nSPS) is 30.6. The zero-order valence-electron chi connectivity index (χ0n) is 21.4. The van der Waals surface area contributed by atoms with E-state index in [1.54, 1.807) is 20.2 Å². The topological polar surface area (TPSA) is 158 Å². The number of primary amides is 1. The number of benzene rings is 1. The molecule has 1 amide bonds. The largest absolute Gasteiger partial charge is 0.507 e. The third-order valence-electron chi connectivity index (χ3n) is 8.35. The van der Waals surface area contributed by atoms with Crippen LogP contribution in [0.2, 0.25) is 0 Å². The molecule has 0 spiro atoms. The van der Waals surface area contributed by atoms with Crippen LogP contribution in [0.15, 0.2) is 22.9 Å². The zero-order valence-corrected chi connectivity index (χ0v) is 22.2. The summed E-state index contributed by atoms with van der Waals surface area (Å²) in [7, 11) is 6.75. The van der Waals surface area contributed by atoms with E-state index in [4.69, 9.17) is 5.73 Å². The first-order valence-corrected chi connectivity index (χ1v) is 13.2. The van der Waals surface area contributed by atoms with Crippen LogP contribution in [0.1, 0.15) is 22.3 Å². The second-order valence-corrected chi connectivity index (χ2v) is 11.6. The van der Waals surface area contributed by atoms with Gasteiger partial charge in [-0.3, -0.25) is 28.9 Å². The summed E-state index contributed by atoms with van der Waals surface area (Å²) in [5.74, 6) is -10.5. The van der Waals surface area contributed by atoms with Gasteiger partial charge in [0, 0.05) is 31.3 Å². The number of Topliss-reactive ketones (excluding diaryl/α,β-unsaturated/α-hetero) is 4. The summed E-state index contributed by atoms with van der Waals surface area (Å²) in [6, 6.07) is 2.49. The maximum absolute atomic E-state index is 14.0. The quantitative estimate of drug-likeness (QED) is 0.475. The first-order valence-electron chi connectivity index (χ1n) is 12.3. The number of carbonyl (C=O) groups is 5. The Morgan fingerprint density at radius 3 is 2.37 bits per heavy atom. The number of rotatable bonds is 4. The SMILES string of the molecule is CN(C)c1cc(-c2ccsc2)c(O)c2c1C[C@H]1C[C@H]3[C@H](N(C)C)C(=O)C(C(N)=O)C(=O)[C@@]3(O)C(=O)C1C2=O. The van der Waals surface area contributed by atoms with Crippen LogP contribution in [0.5, 0.6) is 5.75 Å². The summed E-state index contributed by atoms with van der Waals surface area (Å²) >= 11 is 1.43. The summed E-state index contributed by atoms with van der Waals surface area (Å²) < 4.78 is 0. The number of aliphatic hydroxyl groups is 1. The Balaban J connectivity index is 1.69. The van der Waals surface area contributed by atoms with E-state index in [0.29, 0.717) is 22.4 Å². The highest BCUT2D eigenvalue weighted by Crippen LogP contribution is 2.53. The number of fused-ring (bicyclic) bond motifs is 3. The molecule has 0 aliphatic heterocycles. The smallest absolute Gasteiger partial charge is 0.235 e. The van der Waals surface area contributed by atoms with Crippen LogP contribution in [-0.2, 0) is 25.6 Å². The van der Waals surface area contributed by atoms with Gasteiger partial charge in [-0.15, -0.1) is 0 Å². The molecule has 0 bridgehead atoms. The molecule has 10 nitrogen and oxygen atoms in total. The molecule has 38 heavy (non-hydrogen) atoms. The number of phenolic OH excluding ortho intramolecular Hbond substituents is 1. The number of likely N-dealkylation sites (N-methyl/N-ethyl adjacent to an activating group) is 1. The van der Waals surface area contributed by atoms with E-state index in [1.165, 1.54) is 16.2 Å². The Morgan fingerprint density at radius 1 is 1.13 bits per heavy atom. The number of anilines is 1. The number of nitrogens with zero attached hydrogens (tertiary/aromatic N) is 2. The highest BCUT2D eigenvalue weighted by molar-refractivity contribution is 7.08. The number of aromatic hydroxyl groups is 1. The average Bonchev–Trinajstić information content (AvgIpc) is 3.35. The van der Waals surface area contributed by atoms with E-state index in [-0.39, 0.29) is 24.2 Å². The molecule has 5 rings (SSSR count). The number of ketones is 4. The second kappa shape index (κ2) is 8.82. The van der Waals surface area contributed by atoms with E-state index in [9.17, 15) is 34.2 Å². The predicted molar refractivity (Wildman–Crippen MR) is 139 cm³/mol. The lowest BCUT2D eigenvalue weighted by molar-refractivity contribution is -0.181. The number of carbonyl (C=O) groups excluding carboxylic acids is 5. The molecular weight excluding hydrogens is 510 g/mol. The van der Waals surface area contributed by atoms with E-state index in [1.807, 2.05) is 35.8 Å². The third kappa shape index (κ3) is 3.41.